The molecule has 0 saturated heterocycles. The molecule has 0 fully saturated rings. The second-order valence-corrected chi connectivity index (χ2v) is 7.51. The van der Waals surface area contributed by atoms with Crippen molar-refractivity contribution in [2.45, 2.75) is 40.5 Å². The van der Waals surface area contributed by atoms with Gasteiger partial charge in [0.05, 0.1) is 12.2 Å². The predicted molar refractivity (Wildman–Crippen MR) is 117 cm³/mol. The number of carbonyl (C=O) groups is 1. The van der Waals surface area contributed by atoms with Crippen molar-refractivity contribution in [3.63, 3.8) is 0 Å². The summed E-state index contributed by atoms with van der Waals surface area (Å²) in [5.41, 5.74) is 3.27. The molecule has 2 aromatic carbocycles. The number of aromatic nitrogens is 1. The van der Waals surface area contributed by atoms with Gasteiger partial charge in [-0.2, -0.15) is 13.2 Å². The molecule has 8 heteroatoms. The molecule has 5 nitrogen and oxygen atoms in total. The maximum absolute atomic E-state index is 12.7. The smallest absolute Gasteiger partial charge is 0.416 e. The molecule has 0 aliphatic carbocycles. The Kier molecular flexibility index (Phi) is 7.26. The number of hydrogen-bond acceptors (Lipinski definition) is 5. The lowest BCUT2D eigenvalue weighted by atomic mass is 10.00. The molecule has 0 amide bonds. The molecule has 0 bridgehead atoms. The minimum absolute atomic E-state index is 0.104. The van der Waals surface area contributed by atoms with Crippen LogP contribution in [-0.4, -0.2) is 17.6 Å². The Morgan fingerprint density at radius 1 is 1.09 bits per heavy atom. The van der Waals surface area contributed by atoms with Gasteiger partial charge in [-0.25, -0.2) is 9.78 Å². The van der Waals surface area contributed by atoms with E-state index in [2.05, 4.69) is 4.98 Å². The van der Waals surface area contributed by atoms with Crippen molar-refractivity contribution in [1.82, 2.24) is 4.98 Å². The van der Waals surface area contributed by atoms with Gasteiger partial charge in [0.2, 0.25) is 5.89 Å². The summed E-state index contributed by atoms with van der Waals surface area (Å²) in [5, 5.41) is 0. The Bertz CT molecular complexity index is 1160. The lowest BCUT2D eigenvalue weighted by Crippen LogP contribution is -2.07. The lowest BCUT2D eigenvalue weighted by Gasteiger charge is -2.11. The molecule has 0 spiro atoms. The van der Waals surface area contributed by atoms with Crippen LogP contribution in [0.2, 0.25) is 0 Å². The highest BCUT2D eigenvalue weighted by molar-refractivity contribution is 5.96. The third-order valence-electron chi connectivity index (χ3n) is 5.03. The first-order valence-electron chi connectivity index (χ1n) is 10.3. The van der Waals surface area contributed by atoms with E-state index in [0.717, 1.165) is 28.8 Å². The number of aryl methyl sites for hydroxylation is 1. The molecule has 33 heavy (non-hydrogen) atoms. The Morgan fingerprint density at radius 3 is 2.42 bits per heavy atom. The van der Waals surface area contributed by atoms with E-state index in [9.17, 15) is 18.0 Å². The molecule has 0 atom stereocenters. The largest absolute Gasteiger partial charge is 0.487 e. The molecule has 1 aromatic heterocycles. The fourth-order valence-corrected chi connectivity index (χ4v) is 3.12. The molecular weight excluding hydrogens is 435 g/mol. The van der Waals surface area contributed by atoms with E-state index in [1.54, 1.807) is 13.8 Å². The first kappa shape index (κ1) is 24.1. The minimum Gasteiger partial charge on any atom is -0.487 e. The van der Waals surface area contributed by atoms with Gasteiger partial charge in [0.1, 0.15) is 24.3 Å². The van der Waals surface area contributed by atoms with Crippen molar-refractivity contribution in [3.05, 3.63) is 76.7 Å². The highest BCUT2D eigenvalue weighted by Gasteiger charge is 2.30. The van der Waals surface area contributed by atoms with Crippen LogP contribution in [0.25, 0.3) is 17.0 Å². The molecule has 0 aliphatic heterocycles. The standard InChI is InChI=1S/C25H24F3NO4/c1-5-31-24(30)17(4)16(3)19-10-15(2)11-22(12-19)32-13-21-14-33-23(29-21)18-6-8-20(9-7-18)25(26,27)28/h6-12,14H,5,13H2,1-4H3/b17-16-. The minimum atomic E-state index is -4.40. The average Bonchev–Trinajstić information content (AvgIpc) is 3.25. The van der Waals surface area contributed by atoms with E-state index < -0.39 is 11.7 Å². The summed E-state index contributed by atoms with van der Waals surface area (Å²) in [6.45, 7) is 7.64. The number of rotatable bonds is 7. The topological polar surface area (TPSA) is 61.6 Å². The Balaban J connectivity index is 1.73. The fourth-order valence-electron chi connectivity index (χ4n) is 3.12. The quantitative estimate of drug-likeness (QED) is 0.294. The summed E-state index contributed by atoms with van der Waals surface area (Å²) in [7, 11) is 0. The lowest BCUT2D eigenvalue weighted by molar-refractivity contribution is -0.138. The number of carbonyl (C=O) groups excluding carboxylic acids is 1. The number of alkyl halides is 3. The van der Waals surface area contributed by atoms with Crippen LogP contribution in [-0.2, 0) is 22.3 Å². The average molecular weight is 459 g/mol. The Morgan fingerprint density at radius 2 is 1.79 bits per heavy atom. The van der Waals surface area contributed by atoms with Crippen LogP contribution in [0.5, 0.6) is 5.75 Å². The fraction of sp³-hybridized carbons (Fsp3) is 0.280. The van der Waals surface area contributed by atoms with Gasteiger partial charge in [0, 0.05) is 11.1 Å². The van der Waals surface area contributed by atoms with E-state index in [1.807, 2.05) is 32.0 Å². The summed E-state index contributed by atoms with van der Waals surface area (Å²) >= 11 is 0. The number of ether oxygens (including phenoxy) is 2. The first-order valence-corrected chi connectivity index (χ1v) is 10.3. The second kappa shape index (κ2) is 9.94. The SMILES string of the molecule is CCOC(=O)/C(C)=C(/C)c1cc(C)cc(OCc2coc(-c3ccc(C(F)(F)F)cc3)n2)c1. The van der Waals surface area contributed by atoms with E-state index in [0.29, 0.717) is 29.2 Å². The van der Waals surface area contributed by atoms with E-state index in [1.165, 1.54) is 18.4 Å². The third kappa shape index (κ3) is 6.03. The maximum atomic E-state index is 12.7. The van der Waals surface area contributed by atoms with Gasteiger partial charge in [-0.05, 0) is 80.8 Å². The third-order valence-corrected chi connectivity index (χ3v) is 5.03. The number of benzene rings is 2. The molecule has 1 heterocycles. The summed E-state index contributed by atoms with van der Waals surface area (Å²) in [5.74, 6) is 0.425. The predicted octanol–water partition coefficient (Wildman–Crippen LogP) is 6.60. The number of halogens is 3. The van der Waals surface area contributed by atoms with Gasteiger partial charge in [0.25, 0.3) is 0 Å². The summed E-state index contributed by atoms with van der Waals surface area (Å²) < 4.78 is 54.5. The summed E-state index contributed by atoms with van der Waals surface area (Å²) in [6, 6.07) is 10.2. The number of esters is 1. The van der Waals surface area contributed by atoms with Gasteiger partial charge < -0.3 is 13.9 Å². The van der Waals surface area contributed by atoms with Crippen LogP contribution in [0, 0.1) is 6.92 Å². The van der Waals surface area contributed by atoms with Crippen molar-refractivity contribution in [2.75, 3.05) is 6.61 Å². The Hall–Kier alpha value is -3.55. The van der Waals surface area contributed by atoms with E-state index >= 15 is 0 Å². The van der Waals surface area contributed by atoms with Gasteiger partial charge in [-0.1, -0.05) is 6.07 Å². The van der Waals surface area contributed by atoms with Gasteiger partial charge in [-0.15, -0.1) is 0 Å². The normalized spacial score (nSPS) is 12.3. The molecule has 0 aliphatic rings. The van der Waals surface area contributed by atoms with Crippen molar-refractivity contribution in [2.24, 2.45) is 0 Å². The van der Waals surface area contributed by atoms with Crippen LogP contribution < -0.4 is 4.74 Å². The number of allylic oxidation sites excluding steroid dienone is 1. The van der Waals surface area contributed by atoms with Crippen LogP contribution in [0.15, 0.2) is 58.7 Å². The van der Waals surface area contributed by atoms with Crippen molar-refractivity contribution in [3.8, 4) is 17.2 Å². The number of oxazole rings is 1. The molecule has 3 aromatic rings. The van der Waals surface area contributed by atoms with Crippen LogP contribution >= 0.6 is 0 Å². The van der Waals surface area contributed by atoms with Gasteiger partial charge in [-0.3, -0.25) is 0 Å². The molecule has 0 N–H and O–H groups in total. The zero-order valence-corrected chi connectivity index (χ0v) is 18.7. The van der Waals surface area contributed by atoms with Gasteiger partial charge in [0.15, 0.2) is 0 Å². The van der Waals surface area contributed by atoms with Crippen molar-refractivity contribution < 1.29 is 31.9 Å². The maximum Gasteiger partial charge on any atom is 0.416 e. The molecule has 0 radical (unpaired) electrons. The van der Waals surface area contributed by atoms with Crippen molar-refractivity contribution in [1.29, 1.82) is 0 Å². The number of hydrogen-bond donors (Lipinski definition) is 0. The van der Waals surface area contributed by atoms with Gasteiger partial charge >= 0.3 is 12.1 Å². The molecule has 3 rings (SSSR count). The van der Waals surface area contributed by atoms with Crippen LogP contribution in [0.3, 0.4) is 0 Å². The van der Waals surface area contributed by atoms with E-state index in [-0.39, 0.29) is 18.5 Å². The first-order chi connectivity index (χ1) is 15.6. The molecular formula is C25H24F3NO4. The summed E-state index contributed by atoms with van der Waals surface area (Å²) in [6.07, 6.45) is -3.00. The zero-order valence-electron chi connectivity index (χ0n) is 18.7. The monoisotopic (exact) mass is 459 g/mol. The summed E-state index contributed by atoms with van der Waals surface area (Å²) in [4.78, 5) is 16.3. The highest BCUT2D eigenvalue weighted by atomic mass is 19.4. The van der Waals surface area contributed by atoms with E-state index in [4.69, 9.17) is 13.9 Å². The van der Waals surface area contributed by atoms with Crippen LogP contribution in [0.1, 0.15) is 43.2 Å². The van der Waals surface area contributed by atoms with Crippen LogP contribution in [0.4, 0.5) is 13.2 Å². The van der Waals surface area contributed by atoms with Crippen molar-refractivity contribution >= 4 is 11.5 Å². The zero-order chi connectivity index (χ0) is 24.2. The molecule has 174 valence electrons. The number of nitrogens with zero attached hydrogens (tertiary/aromatic N) is 1. The second-order valence-electron chi connectivity index (χ2n) is 7.51. The highest BCUT2D eigenvalue weighted by Crippen LogP contribution is 2.31. The Labute approximate surface area is 189 Å². The molecule has 0 unspecified atom stereocenters. The molecule has 0 saturated carbocycles.